The molecule has 3 aromatic heterocycles. The van der Waals surface area contributed by atoms with Crippen molar-refractivity contribution in [3.8, 4) is 28.7 Å². The predicted octanol–water partition coefficient (Wildman–Crippen LogP) is 4.84. The van der Waals surface area contributed by atoms with Gasteiger partial charge in [0.25, 0.3) is 0 Å². The Hall–Kier alpha value is -5.29. The molecule has 0 spiro atoms. The second kappa shape index (κ2) is 14.4. The van der Waals surface area contributed by atoms with Crippen LogP contribution in [0.15, 0.2) is 58.0 Å². The molecule has 15 nitrogen and oxygen atoms in total. The number of carbonyl (C=O) groups is 1. The van der Waals surface area contributed by atoms with Gasteiger partial charge in [0, 0.05) is 48.9 Å². The van der Waals surface area contributed by atoms with E-state index in [1.54, 1.807) is 31.2 Å². The van der Waals surface area contributed by atoms with E-state index in [2.05, 4.69) is 64.5 Å². The molecular weight excluding hydrogens is 655 g/mol. The fourth-order valence-corrected chi connectivity index (χ4v) is 5.67. The molecule has 0 saturated carbocycles. The number of hydrogen-bond donors (Lipinski definition) is 2. The smallest absolute Gasteiger partial charge is 0.349 e. The van der Waals surface area contributed by atoms with Crippen LogP contribution in [0.4, 0.5) is 10.1 Å². The van der Waals surface area contributed by atoms with Crippen molar-refractivity contribution in [1.29, 1.82) is 0 Å². The van der Waals surface area contributed by atoms with Crippen molar-refractivity contribution >= 4 is 20.5 Å². The highest BCUT2D eigenvalue weighted by Crippen LogP contribution is 2.37. The van der Waals surface area contributed by atoms with Crippen LogP contribution in [-0.4, -0.2) is 70.0 Å². The number of aryl methyl sites for hydroxylation is 1. The van der Waals surface area contributed by atoms with Gasteiger partial charge in [0.2, 0.25) is 11.7 Å². The molecule has 0 fully saturated rings. The van der Waals surface area contributed by atoms with E-state index < -0.39 is 25.9 Å². The third kappa shape index (κ3) is 7.89. The van der Waals surface area contributed by atoms with Crippen molar-refractivity contribution in [2.75, 3.05) is 25.6 Å². The van der Waals surface area contributed by atoms with E-state index in [4.69, 9.17) is 23.3 Å². The van der Waals surface area contributed by atoms with E-state index in [9.17, 15) is 9.59 Å². The molecule has 1 unspecified atom stereocenters. The van der Waals surface area contributed by atoms with Crippen molar-refractivity contribution in [2.24, 2.45) is 0 Å². The fourth-order valence-electron chi connectivity index (χ4n) is 4.59. The number of nitrogens with zero attached hydrogens (tertiary/aromatic N) is 6. The minimum atomic E-state index is -1.95. The summed E-state index contributed by atoms with van der Waals surface area (Å²) in [5, 5.41) is 15.6. The summed E-state index contributed by atoms with van der Waals surface area (Å²) in [5.74, 6) is 0.482. The topological polar surface area (TPSA) is 173 Å². The number of nitrogens with one attached hydrogen (secondary N) is 2. The van der Waals surface area contributed by atoms with Gasteiger partial charge in [-0.15, -0.1) is 10.2 Å². The lowest BCUT2D eigenvalue weighted by Gasteiger charge is -2.36. The Morgan fingerprint density at radius 2 is 1.90 bits per heavy atom. The molecule has 2 aromatic carbocycles. The van der Waals surface area contributed by atoms with Crippen molar-refractivity contribution in [3.63, 3.8) is 0 Å². The fraction of sp³-hybridized carbons (Fsp3) is 0.375. The SMILES string of the molecule is COc1cc(OCCCO[Si](C)(C)C(C)(C)C)c(F)c(C(Nc2ccc(-c3noc(C)n3)cc2)c2nn(-c3ccnn3OC=O)c(=O)[nH]2)c1. The summed E-state index contributed by atoms with van der Waals surface area (Å²) >= 11 is 0. The van der Waals surface area contributed by atoms with Gasteiger partial charge in [-0.05, 0) is 48.5 Å². The molecule has 49 heavy (non-hydrogen) atoms. The second-order valence-corrected chi connectivity index (χ2v) is 17.4. The molecule has 260 valence electrons. The zero-order chi connectivity index (χ0) is 35.3. The Labute approximate surface area is 282 Å². The molecule has 5 rings (SSSR count). The number of aromatic nitrogens is 7. The molecule has 2 N–H and O–H groups in total. The lowest BCUT2D eigenvalue weighted by atomic mass is 10.0. The van der Waals surface area contributed by atoms with Crippen LogP contribution < -0.4 is 25.3 Å². The van der Waals surface area contributed by atoms with Gasteiger partial charge < -0.3 is 28.6 Å². The third-order valence-electron chi connectivity index (χ3n) is 8.24. The maximum atomic E-state index is 16.4. The number of rotatable bonds is 15. The van der Waals surface area contributed by atoms with Gasteiger partial charge in [-0.3, -0.25) is 9.78 Å². The number of ether oxygens (including phenoxy) is 2. The van der Waals surface area contributed by atoms with Crippen molar-refractivity contribution in [1.82, 2.24) is 34.8 Å². The van der Waals surface area contributed by atoms with Crippen LogP contribution in [-0.2, 0) is 9.22 Å². The molecule has 3 heterocycles. The van der Waals surface area contributed by atoms with Crippen LogP contribution in [0.3, 0.4) is 0 Å². The van der Waals surface area contributed by atoms with Gasteiger partial charge in [-0.1, -0.05) is 30.8 Å². The molecule has 1 atom stereocenters. The van der Waals surface area contributed by atoms with E-state index in [1.807, 2.05) is 0 Å². The highest BCUT2D eigenvalue weighted by Gasteiger charge is 2.37. The average Bonchev–Trinajstić information content (AvgIpc) is 3.80. The molecule has 0 radical (unpaired) electrons. The van der Waals surface area contributed by atoms with Gasteiger partial charge in [-0.25, -0.2) is 9.18 Å². The summed E-state index contributed by atoms with van der Waals surface area (Å²) in [6, 6.07) is 10.3. The van der Waals surface area contributed by atoms with E-state index in [0.717, 1.165) is 9.53 Å². The summed E-state index contributed by atoms with van der Waals surface area (Å²) in [7, 11) is -0.492. The summed E-state index contributed by atoms with van der Waals surface area (Å²) in [4.78, 5) is 36.7. The first kappa shape index (κ1) is 35.0. The molecule has 0 aliphatic heterocycles. The van der Waals surface area contributed by atoms with E-state index in [-0.39, 0.29) is 41.1 Å². The highest BCUT2D eigenvalue weighted by molar-refractivity contribution is 6.74. The summed E-state index contributed by atoms with van der Waals surface area (Å²) in [6.45, 7) is 13.4. The van der Waals surface area contributed by atoms with Crippen LogP contribution in [0.1, 0.15) is 50.5 Å². The molecular formula is C32H39FN8O7Si. The standard InChI is InChI=1S/C32H39FN8O7Si/c1-20-35-29(39-48-20)21-9-11-22(12-10-21)36-28(30-37-31(43)40(38-30)26-13-14-34-41(26)46-19-42)24-17-23(44-5)18-25(27(24)33)45-15-8-16-47-49(6,7)32(2,3)4/h9-14,17-19,28,36H,8,15-16H2,1-7H3,(H,37,38,43). The predicted molar refractivity (Wildman–Crippen MR) is 179 cm³/mol. The Bertz CT molecular complexity index is 1950. The van der Waals surface area contributed by atoms with Crippen molar-refractivity contribution in [3.05, 3.63) is 82.2 Å². The molecule has 17 heteroatoms. The first-order chi connectivity index (χ1) is 23.3. The minimum absolute atomic E-state index is 0.0302. The van der Waals surface area contributed by atoms with Gasteiger partial charge in [0.15, 0.2) is 31.5 Å². The maximum absolute atomic E-state index is 16.4. The number of anilines is 1. The number of benzene rings is 2. The molecule has 0 bridgehead atoms. The van der Waals surface area contributed by atoms with Gasteiger partial charge >= 0.3 is 12.2 Å². The zero-order valence-electron chi connectivity index (χ0n) is 28.3. The Kier molecular flexibility index (Phi) is 10.3. The first-order valence-corrected chi connectivity index (χ1v) is 18.4. The first-order valence-electron chi connectivity index (χ1n) is 15.5. The van der Waals surface area contributed by atoms with Gasteiger partial charge in [-0.2, -0.15) is 9.67 Å². The number of methoxy groups -OCH3 is 1. The normalized spacial score (nSPS) is 12.5. The molecule has 0 aliphatic rings. The van der Waals surface area contributed by atoms with Gasteiger partial charge in [0.1, 0.15) is 11.8 Å². The molecule has 0 saturated heterocycles. The Morgan fingerprint density at radius 1 is 1.14 bits per heavy atom. The third-order valence-corrected chi connectivity index (χ3v) is 12.8. The summed E-state index contributed by atoms with van der Waals surface area (Å²) < 4.78 is 40.2. The lowest BCUT2D eigenvalue weighted by molar-refractivity contribution is -0.130. The number of carbonyl (C=O) groups excluding carboxylic acids is 1. The minimum Gasteiger partial charge on any atom is -0.497 e. The summed E-state index contributed by atoms with van der Waals surface area (Å²) in [6.07, 6.45) is 1.87. The van der Waals surface area contributed by atoms with Crippen molar-refractivity contribution in [2.45, 2.75) is 58.3 Å². The number of H-pyrrole nitrogens is 1. The van der Waals surface area contributed by atoms with Crippen LogP contribution in [0.5, 0.6) is 11.5 Å². The number of hydrogen-bond acceptors (Lipinski definition) is 12. The number of aromatic amines is 1. The van der Waals surface area contributed by atoms with Crippen molar-refractivity contribution < 1.29 is 32.4 Å². The van der Waals surface area contributed by atoms with Crippen LogP contribution in [0.25, 0.3) is 17.2 Å². The lowest BCUT2D eigenvalue weighted by Crippen LogP contribution is -2.41. The molecule has 5 aromatic rings. The van der Waals surface area contributed by atoms with E-state index in [0.29, 0.717) is 41.7 Å². The quantitative estimate of drug-likeness (QED) is 0.0869. The van der Waals surface area contributed by atoms with Gasteiger partial charge in [0.05, 0.1) is 19.9 Å². The van der Waals surface area contributed by atoms with Crippen LogP contribution in [0, 0.1) is 12.7 Å². The van der Waals surface area contributed by atoms with Crippen LogP contribution >= 0.6 is 0 Å². The summed E-state index contributed by atoms with van der Waals surface area (Å²) in [5.41, 5.74) is 0.623. The number of halogens is 1. The Morgan fingerprint density at radius 3 is 2.55 bits per heavy atom. The average molecular weight is 695 g/mol. The zero-order valence-corrected chi connectivity index (χ0v) is 29.3. The molecule has 0 aliphatic carbocycles. The monoisotopic (exact) mass is 694 g/mol. The Balaban J connectivity index is 1.48. The van der Waals surface area contributed by atoms with Crippen LogP contribution in [0.2, 0.25) is 18.1 Å². The van der Waals surface area contributed by atoms with E-state index in [1.165, 1.54) is 31.5 Å². The van der Waals surface area contributed by atoms with E-state index >= 15 is 4.39 Å². The largest absolute Gasteiger partial charge is 0.497 e. The second-order valence-electron chi connectivity index (χ2n) is 12.6. The highest BCUT2D eigenvalue weighted by atomic mass is 28.4. The maximum Gasteiger partial charge on any atom is 0.349 e. The molecule has 0 amide bonds.